The van der Waals surface area contributed by atoms with E-state index in [0.29, 0.717) is 12.3 Å². The van der Waals surface area contributed by atoms with E-state index < -0.39 is 6.10 Å². The number of fused-ring (bicyclic) bond motifs is 1. The van der Waals surface area contributed by atoms with Crippen LogP contribution in [0.2, 0.25) is 0 Å². The van der Waals surface area contributed by atoms with Gasteiger partial charge in [-0.1, -0.05) is 19.9 Å². The first-order valence-corrected chi connectivity index (χ1v) is 5.90. The predicted molar refractivity (Wildman–Crippen MR) is 64.8 cm³/mol. The van der Waals surface area contributed by atoms with Gasteiger partial charge in [-0.05, 0) is 37.5 Å². The zero-order valence-electron chi connectivity index (χ0n) is 10.4. The van der Waals surface area contributed by atoms with Gasteiger partial charge in [0.2, 0.25) is 0 Å². The van der Waals surface area contributed by atoms with Gasteiger partial charge in [-0.2, -0.15) is 0 Å². The lowest BCUT2D eigenvalue weighted by Gasteiger charge is -2.35. The molecule has 88 valence electrons. The Morgan fingerprint density at radius 2 is 2.06 bits per heavy atom. The van der Waals surface area contributed by atoms with Crippen LogP contribution in [0, 0.1) is 0 Å². The number of aliphatic hydroxyl groups is 1. The molecule has 16 heavy (non-hydrogen) atoms. The normalized spacial score (nSPS) is 22.8. The smallest absolute Gasteiger partial charge is 0.125 e. The van der Waals surface area contributed by atoms with Crippen LogP contribution in [0.25, 0.3) is 0 Å². The van der Waals surface area contributed by atoms with Gasteiger partial charge in [-0.15, -0.1) is 0 Å². The predicted octanol–water partition coefficient (Wildman–Crippen LogP) is 3.40. The molecule has 2 nitrogen and oxygen atoms in total. The average molecular weight is 220 g/mol. The lowest BCUT2D eigenvalue weighted by molar-refractivity contribution is 0.0115. The summed E-state index contributed by atoms with van der Waals surface area (Å²) in [6.45, 7) is 8.33. The number of rotatable bonds is 1. The minimum atomic E-state index is -0.405. The molecule has 1 heterocycles. The zero-order valence-corrected chi connectivity index (χ0v) is 10.4. The van der Waals surface area contributed by atoms with Crippen molar-refractivity contribution in [3.05, 3.63) is 29.3 Å². The van der Waals surface area contributed by atoms with E-state index in [1.54, 1.807) is 0 Å². The van der Waals surface area contributed by atoms with Crippen molar-refractivity contribution in [3.8, 4) is 5.75 Å². The molecule has 0 fully saturated rings. The Morgan fingerprint density at radius 3 is 2.69 bits per heavy atom. The molecule has 0 bridgehead atoms. The van der Waals surface area contributed by atoms with Crippen LogP contribution >= 0.6 is 0 Å². The third-order valence-electron chi connectivity index (χ3n) is 3.13. The number of aliphatic hydroxyl groups excluding tert-OH is 1. The highest BCUT2D eigenvalue weighted by atomic mass is 16.5. The summed E-state index contributed by atoms with van der Waals surface area (Å²) in [6, 6.07) is 6.13. The van der Waals surface area contributed by atoms with Crippen molar-refractivity contribution in [3.63, 3.8) is 0 Å². The van der Waals surface area contributed by atoms with Crippen molar-refractivity contribution in [2.45, 2.75) is 51.7 Å². The molecule has 0 saturated carbocycles. The molecule has 1 aromatic carbocycles. The van der Waals surface area contributed by atoms with Crippen molar-refractivity contribution in [2.24, 2.45) is 0 Å². The monoisotopic (exact) mass is 220 g/mol. The second-order valence-corrected chi connectivity index (χ2v) is 5.53. The first kappa shape index (κ1) is 11.5. The van der Waals surface area contributed by atoms with Gasteiger partial charge in [0.25, 0.3) is 0 Å². The third kappa shape index (κ3) is 2.07. The lowest BCUT2D eigenvalue weighted by Crippen LogP contribution is -2.34. The SMILES string of the molecule is CC(C)c1ccc2c(c1)[C@H](O)CC(C)(C)O2. The number of hydrogen-bond acceptors (Lipinski definition) is 2. The van der Waals surface area contributed by atoms with Crippen molar-refractivity contribution in [1.82, 2.24) is 0 Å². The van der Waals surface area contributed by atoms with Crippen LogP contribution in [0.5, 0.6) is 5.75 Å². The first-order chi connectivity index (χ1) is 7.39. The molecule has 0 saturated heterocycles. The summed E-state index contributed by atoms with van der Waals surface area (Å²) in [7, 11) is 0. The lowest BCUT2D eigenvalue weighted by atomic mass is 9.89. The average Bonchev–Trinajstić information content (AvgIpc) is 2.15. The van der Waals surface area contributed by atoms with E-state index in [-0.39, 0.29) is 5.60 Å². The molecule has 0 radical (unpaired) electrons. The highest BCUT2D eigenvalue weighted by Crippen LogP contribution is 2.40. The first-order valence-electron chi connectivity index (χ1n) is 5.90. The van der Waals surface area contributed by atoms with E-state index in [4.69, 9.17) is 4.74 Å². The summed E-state index contributed by atoms with van der Waals surface area (Å²) in [5, 5.41) is 10.1. The number of hydrogen-bond donors (Lipinski definition) is 1. The van der Waals surface area contributed by atoms with E-state index in [2.05, 4.69) is 26.0 Å². The van der Waals surface area contributed by atoms with Gasteiger partial charge in [-0.3, -0.25) is 0 Å². The van der Waals surface area contributed by atoms with E-state index in [9.17, 15) is 5.11 Å². The summed E-state index contributed by atoms with van der Waals surface area (Å²) in [4.78, 5) is 0. The second-order valence-electron chi connectivity index (χ2n) is 5.53. The van der Waals surface area contributed by atoms with Gasteiger partial charge in [0.15, 0.2) is 0 Å². The number of benzene rings is 1. The second kappa shape index (κ2) is 3.77. The maximum absolute atomic E-state index is 10.1. The molecule has 0 aliphatic carbocycles. The van der Waals surface area contributed by atoms with Crippen LogP contribution in [0.15, 0.2) is 18.2 Å². The van der Waals surface area contributed by atoms with Crippen LogP contribution in [-0.2, 0) is 0 Å². The van der Waals surface area contributed by atoms with Crippen molar-refractivity contribution < 1.29 is 9.84 Å². The minimum absolute atomic E-state index is 0.272. The minimum Gasteiger partial charge on any atom is -0.487 e. The molecule has 2 rings (SSSR count). The Kier molecular flexibility index (Phi) is 2.70. The van der Waals surface area contributed by atoms with E-state index >= 15 is 0 Å². The van der Waals surface area contributed by atoms with Gasteiger partial charge in [0, 0.05) is 12.0 Å². The Labute approximate surface area is 97.3 Å². The molecule has 0 aromatic heterocycles. The molecule has 0 spiro atoms. The Hall–Kier alpha value is -1.02. The summed E-state index contributed by atoms with van der Waals surface area (Å²) in [5.41, 5.74) is 1.91. The Morgan fingerprint density at radius 1 is 1.38 bits per heavy atom. The molecule has 1 atom stereocenters. The Bertz CT molecular complexity index is 394. The number of ether oxygens (including phenoxy) is 1. The molecule has 1 N–H and O–H groups in total. The van der Waals surface area contributed by atoms with Gasteiger partial charge >= 0.3 is 0 Å². The van der Waals surface area contributed by atoms with Crippen molar-refractivity contribution in [1.29, 1.82) is 0 Å². The van der Waals surface area contributed by atoms with Crippen LogP contribution in [0.3, 0.4) is 0 Å². The molecule has 0 unspecified atom stereocenters. The summed E-state index contributed by atoms with van der Waals surface area (Å²) < 4.78 is 5.86. The fourth-order valence-electron chi connectivity index (χ4n) is 2.19. The molecule has 1 aliphatic rings. The van der Waals surface area contributed by atoms with E-state index in [1.807, 2.05) is 19.9 Å². The Balaban J connectivity index is 2.41. The standard InChI is InChI=1S/C14H20O2/c1-9(2)10-5-6-13-11(7-10)12(15)8-14(3,4)16-13/h5-7,9,12,15H,8H2,1-4H3/t12-/m1/s1. The van der Waals surface area contributed by atoms with Crippen molar-refractivity contribution in [2.75, 3.05) is 0 Å². The third-order valence-corrected chi connectivity index (χ3v) is 3.13. The summed E-state index contributed by atoms with van der Waals surface area (Å²) in [5.74, 6) is 1.31. The molecule has 1 aromatic rings. The highest BCUT2D eigenvalue weighted by molar-refractivity contribution is 5.41. The fraction of sp³-hybridized carbons (Fsp3) is 0.571. The molecular weight excluding hydrogens is 200 g/mol. The highest BCUT2D eigenvalue weighted by Gasteiger charge is 2.32. The van der Waals surface area contributed by atoms with Crippen LogP contribution in [-0.4, -0.2) is 10.7 Å². The topological polar surface area (TPSA) is 29.5 Å². The van der Waals surface area contributed by atoms with E-state index in [1.165, 1.54) is 5.56 Å². The van der Waals surface area contributed by atoms with Gasteiger partial charge in [0.1, 0.15) is 11.4 Å². The fourth-order valence-corrected chi connectivity index (χ4v) is 2.19. The van der Waals surface area contributed by atoms with Gasteiger partial charge in [0.05, 0.1) is 6.10 Å². The molecule has 2 heteroatoms. The molecule has 0 amide bonds. The maximum Gasteiger partial charge on any atom is 0.125 e. The quantitative estimate of drug-likeness (QED) is 0.786. The van der Waals surface area contributed by atoms with Crippen LogP contribution in [0.4, 0.5) is 0 Å². The van der Waals surface area contributed by atoms with Crippen molar-refractivity contribution >= 4 is 0 Å². The maximum atomic E-state index is 10.1. The summed E-state index contributed by atoms with van der Waals surface area (Å²) >= 11 is 0. The molecular formula is C14H20O2. The van der Waals surface area contributed by atoms with Gasteiger partial charge < -0.3 is 9.84 Å². The van der Waals surface area contributed by atoms with Crippen LogP contribution < -0.4 is 4.74 Å². The van der Waals surface area contributed by atoms with Crippen LogP contribution in [0.1, 0.15) is 57.3 Å². The van der Waals surface area contributed by atoms with E-state index in [0.717, 1.165) is 11.3 Å². The summed E-state index contributed by atoms with van der Waals surface area (Å²) in [6.07, 6.45) is 0.249. The van der Waals surface area contributed by atoms with Gasteiger partial charge in [-0.25, -0.2) is 0 Å². The zero-order chi connectivity index (χ0) is 11.9. The molecule has 1 aliphatic heterocycles. The largest absolute Gasteiger partial charge is 0.487 e.